The number of hydrogen-bond donors (Lipinski definition) is 1. The number of halogens is 5. The highest BCUT2D eigenvalue weighted by molar-refractivity contribution is 6.35. The molecule has 0 aliphatic heterocycles. The Kier molecular flexibility index (Phi) is 6.55. The molecule has 0 unspecified atom stereocenters. The van der Waals surface area contributed by atoms with Crippen LogP contribution in [0.3, 0.4) is 0 Å². The van der Waals surface area contributed by atoms with E-state index in [1.165, 1.54) is 18.2 Å². The van der Waals surface area contributed by atoms with Crippen molar-refractivity contribution in [2.45, 2.75) is 19.3 Å². The van der Waals surface area contributed by atoms with Gasteiger partial charge >= 0.3 is 6.36 Å². The molecule has 2 aromatic rings. The Morgan fingerprint density at radius 3 is 2.58 bits per heavy atom. The first-order chi connectivity index (χ1) is 12.1. The van der Waals surface area contributed by atoms with Crippen LogP contribution in [0.4, 0.5) is 13.2 Å². The molecular formula is C16H13Cl2F3N2O3. The molecule has 0 saturated heterocycles. The smallest absolute Gasteiger partial charge is 0.482 e. The second-order valence-corrected chi connectivity index (χ2v) is 5.96. The van der Waals surface area contributed by atoms with Gasteiger partial charge in [0.2, 0.25) is 0 Å². The van der Waals surface area contributed by atoms with Crippen molar-refractivity contribution in [1.82, 2.24) is 10.3 Å². The number of amides is 1. The molecule has 0 aliphatic rings. The number of alkyl halides is 3. The highest BCUT2D eigenvalue weighted by atomic mass is 35.5. The minimum atomic E-state index is -4.79. The highest BCUT2D eigenvalue weighted by Gasteiger charge is 2.31. The molecule has 0 bridgehead atoms. The van der Waals surface area contributed by atoms with E-state index in [1.54, 1.807) is 13.0 Å². The molecule has 2 rings (SSSR count). The number of carbonyl (C=O) groups excluding carboxylic acids is 1. The van der Waals surface area contributed by atoms with Gasteiger partial charge in [0, 0.05) is 5.02 Å². The Bertz CT molecular complexity index is 770. The molecule has 140 valence electrons. The number of rotatable bonds is 6. The first kappa shape index (κ1) is 20.1. The van der Waals surface area contributed by atoms with Gasteiger partial charge in [-0.1, -0.05) is 23.2 Å². The van der Waals surface area contributed by atoms with Crippen LogP contribution in [0, 0.1) is 0 Å². The molecule has 1 aromatic carbocycles. The number of hydrogen-bond acceptors (Lipinski definition) is 4. The van der Waals surface area contributed by atoms with Gasteiger partial charge in [0.25, 0.3) is 5.91 Å². The fraction of sp³-hybridized carbons (Fsp3) is 0.250. The molecule has 0 spiro atoms. The fourth-order valence-corrected chi connectivity index (χ4v) is 2.40. The second kappa shape index (κ2) is 8.46. The Morgan fingerprint density at radius 1 is 1.27 bits per heavy atom. The lowest BCUT2D eigenvalue weighted by Gasteiger charge is -2.15. The molecule has 26 heavy (non-hydrogen) atoms. The summed E-state index contributed by atoms with van der Waals surface area (Å²) in [6, 6.07) is 6.46. The monoisotopic (exact) mass is 408 g/mol. The van der Waals surface area contributed by atoms with Crippen LogP contribution in [0.15, 0.2) is 36.5 Å². The molecule has 0 radical (unpaired) electrons. The summed E-state index contributed by atoms with van der Waals surface area (Å²) in [5.74, 6) is -0.605. The molecule has 1 atom stereocenters. The molecule has 10 heteroatoms. The molecule has 0 aliphatic carbocycles. The number of pyridine rings is 1. The summed E-state index contributed by atoms with van der Waals surface area (Å²) < 4.78 is 45.4. The fourth-order valence-electron chi connectivity index (χ4n) is 1.93. The minimum Gasteiger partial charge on any atom is -0.482 e. The van der Waals surface area contributed by atoms with E-state index in [1.807, 2.05) is 0 Å². The standard InChI is InChI=1S/C16H13Cl2F3N2O3/c1-9(13-4-3-11(7-22-13)26-16(19,20)21)23-15(24)8-25-14-5-2-10(17)6-12(14)18/h2-7,9H,8H2,1H3,(H,23,24)/t9-/m1/s1. The van der Waals surface area contributed by atoms with Crippen LogP contribution >= 0.6 is 23.2 Å². The van der Waals surface area contributed by atoms with Crippen LogP contribution in [-0.2, 0) is 4.79 Å². The zero-order valence-corrected chi connectivity index (χ0v) is 14.8. The molecule has 1 amide bonds. The van der Waals surface area contributed by atoms with Crippen molar-refractivity contribution in [3.63, 3.8) is 0 Å². The van der Waals surface area contributed by atoms with Crippen LogP contribution in [-0.4, -0.2) is 23.9 Å². The van der Waals surface area contributed by atoms with Crippen molar-refractivity contribution in [2.75, 3.05) is 6.61 Å². The topological polar surface area (TPSA) is 60.5 Å². The van der Waals surface area contributed by atoms with Gasteiger partial charge in [0.05, 0.1) is 23.0 Å². The van der Waals surface area contributed by atoms with E-state index in [0.717, 1.165) is 12.3 Å². The number of nitrogens with zero attached hydrogens (tertiary/aromatic N) is 1. The van der Waals surface area contributed by atoms with Gasteiger partial charge in [-0.25, -0.2) is 0 Å². The average molecular weight is 409 g/mol. The third kappa shape index (κ3) is 6.27. The Hall–Kier alpha value is -2.19. The first-order valence-corrected chi connectivity index (χ1v) is 7.98. The van der Waals surface area contributed by atoms with Crippen LogP contribution < -0.4 is 14.8 Å². The summed E-state index contributed by atoms with van der Waals surface area (Å²) >= 11 is 11.7. The van der Waals surface area contributed by atoms with Gasteiger partial charge < -0.3 is 14.8 Å². The van der Waals surface area contributed by atoms with Gasteiger partial charge in [-0.15, -0.1) is 13.2 Å². The summed E-state index contributed by atoms with van der Waals surface area (Å²) in [6.45, 7) is 1.32. The lowest BCUT2D eigenvalue weighted by Crippen LogP contribution is -2.31. The largest absolute Gasteiger partial charge is 0.573 e. The van der Waals surface area contributed by atoms with Crippen LogP contribution in [0.5, 0.6) is 11.5 Å². The number of nitrogens with one attached hydrogen (secondary N) is 1. The van der Waals surface area contributed by atoms with E-state index in [2.05, 4.69) is 15.0 Å². The Balaban J connectivity index is 1.88. The average Bonchev–Trinajstić information content (AvgIpc) is 2.53. The van der Waals surface area contributed by atoms with Crippen molar-refractivity contribution in [1.29, 1.82) is 0 Å². The molecule has 1 N–H and O–H groups in total. The van der Waals surface area contributed by atoms with Gasteiger partial charge in [0.15, 0.2) is 6.61 Å². The molecule has 0 fully saturated rings. The SMILES string of the molecule is C[C@@H](NC(=O)COc1ccc(Cl)cc1Cl)c1ccc(OC(F)(F)F)cn1. The van der Waals surface area contributed by atoms with Crippen molar-refractivity contribution < 1.29 is 27.4 Å². The quantitative estimate of drug-likeness (QED) is 0.761. The van der Waals surface area contributed by atoms with Gasteiger partial charge in [0.1, 0.15) is 11.5 Å². The van der Waals surface area contributed by atoms with Crippen molar-refractivity contribution >= 4 is 29.1 Å². The summed E-state index contributed by atoms with van der Waals surface area (Å²) in [7, 11) is 0. The molecule has 0 saturated carbocycles. The van der Waals surface area contributed by atoms with Gasteiger partial charge in [-0.3, -0.25) is 9.78 Å². The third-order valence-corrected chi connectivity index (χ3v) is 3.60. The number of aromatic nitrogens is 1. The van der Waals surface area contributed by atoms with Gasteiger partial charge in [-0.05, 0) is 37.3 Å². The van der Waals surface area contributed by atoms with E-state index < -0.39 is 24.1 Å². The zero-order valence-electron chi connectivity index (χ0n) is 13.3. The summed E-state index contributed by atoms with van der Waals surface area (Å²) in [6.07, 6.45) is -3.86. The minimum absolute atomic E-state index is 0.264. The number of benzene rings is 1. The summed E-state index contributed by atoms with van der Waals surface area (Å²) in [5, 5.41) is 3.31. The lowest BCUT2D eigenvalue weighted by molar-refractivity contribution is -0.274. The number of ether oxygens (including phenoxy) is 2. The Labute approximate surface area is 157 Å². The normalized spacial score (nSPS) is 12.4. The third-order valence-electron chi connectivity index (χ3n) is 3.07. The number of carbonyl (C=O) groups is 1. The molecule has 1 aromatic heterocycles. The van der Waals surface area contributed by atoms with Crippen LogP contribution in [0.25, 0.3) is 0 Å². The predicted molar refractivity (Wildman–Crippen MR) is 89.4 cm³/mol. The highest BCUT2D eigenvalue weighted by Crippen LogP contribution is 2.27. The van der Waals surface area contributed by atoms with Gasteiger partial charge in [-0.2, -0.15) is 0 Å². The Morgan fingerprint density at radius 2 is 2.00 bits per heavy atom. The van der Waals surface area contributed by atoms with Crippen LogP contribution in [0.2, 0.25) is 10.0 Å². The maximum absolute atomic E-state index is 12.1. The molecule has 1 heterocycles. The first-order valence-electron chi connectivity index (χ1n) is 7.23. The maximum atomic E-state index is 12.1. The molecular weight excluding hydrogens is 396 g/mol. The van der Waals surface area contributed by atoms with Crippen molar-refractivity contribution in [2.24, 2.45) is 0 Å². The van der Waals surface area contributed by atoms with Crippen LogP contribution in [0.1, 0.15) is 18.7 Å². The zero-order chi connectivity index (χ0) is 19.3. The summed E-state index contributed by atoms with van der Waals surface area (Å²) in [5.41, 5.74) is 0.359. The van der Waals surface area contributed by atoms with E-state index >= 15 is 0 Å². The van der Waals surface area contributed by atoms with E-state index in [4.69, 9.17) is 27.9 Å². The van der Waals surface area contributed by atoms with E-state index in [-0.39, 0.29) is 11.6 Å². The lowest BCUT2D eigenvalue weighted by atomic mass is 10.2. The molecule has 5 nitrogen and oxygen atoms in total. The predicted octanol–water partition coefficient (Wildman–Crippen LogP) is 4.54. The maximum Gasteiger partial charge on any atom is 0.573 e. The van der Waals surface area contributed by atoms with E-state index in [0.29, 0.717) is 16.5 Å². The van der Waals surface area contributed by atoms with Crippen molar-refractivity contribution in [3.05, 3.63) is 52.3 Å². The summed E-state index contributed by atoms with van der Waals surface area (Å²) in [4.78, 5) is 15.8. The second-order valence-electron chi connectivity index (χ2n) is 5.12. The van der Waals surface area contributed by atoms with Crippen molar-refractivity contribution in [3.8, 4) is 11.5 Å². The van der Waals surface area contributed by atoms with E-state index in [9.17, 15) is 18.0 Å².